The smallest absolute Gasteiger partial charge is 0.339 e. The normalized spacial score (nSPS) is 14.5. The van der Waals surface area contributed by atoms with Crippen LogP contribution in [0.5, 0.6) is 11.5 Å². The second-order valence-corrected chi connectivity index (χ2v) is 8.10. The van der Waals surface area contributed by atoms with Crippen molar-refractivity contribution >= 4 is 17.7 Å². The summed E-state index contributed by atoms with van der Waals surface area (Å²) in [6, 6.07) is 8.70. The highest BCUT2D eigenvalue weighted by atomic mass is 19.1. The molecule has 10 heteroatoms. The lowest BCUT2D eigenvalue weighted by atomic mass is 9.98. The van der Waals surface area contributed by atoms with Gasteiger partial charge < -0.3 is 15.2 Å². The van der Waals surface area contributed by atoms with Gasteiger partial charge in [0.15, 0.2) is 17.3 Å². The lowest BCUT2D eigenvalue weighted by molar-refractivity contribution is -0.120. The molecule has 34 heavy (non-hydrogen) atoms. The second kappa shape index (κ2) is 10.2. The number of hydrogen-bond donors (Lipinski definition) is 2. The number of rotatable bonds is 8. The summed E-state index contributed by atoms with van der Waals surface area (Å²) in [6.07, 6.45) is 6.91. The van der Waals surface area contributed by atoms with E-state index < -0.39 is 29.3 Å². The van der Waals surface area contributed by atoms with Gasteiger partial charge in [-0.1, -0.05) is 37.8 Å². The summed E-state index contributed by atoms with van der Waals surface area (Å²) in [5.74, 6) is -2.33. The Balaban J connectivity index is 1.62. The molecule has 2 heterocycles. The van der Waals surface area contributed by atoms with Crippen LogP contribution in [-0.4, -0.2) is 31.7 Å². The Bertz CT molecular complexity index is 1260. The van der Waals surface area contributed by atoms with Crippen molar-refractivity contribution in [1.29, 1.82) is 0 Å². The molecule has 1 aromatic carbocycles. The lowest BCUT2D eigenvalue weighted by Gasteiger charge is -2.21. The number of pyridine rings is 1. The predicted molar refractivity (Wildman–Crippen MR) is 120 cm³/mol. The van der Waals surface area contributed by atoms with E-state index in [1.54, 1.807) is 6.07 Å². The van der Waals surface area contributed by atoms with Crippen LogP contribution in [-0.2, 0) is 4.79 Å². The van der Waals surface area contributed by atoms with E-state index >= 15 is 0 Å². The van der Waals surface area contributed by atoms with Gasteiger partial charge >= 0.3 is 5.97 Å². The number of ether oxygens (including phenoxy) is 1. The molecular weight excluding hydrogens is 443 g/mol. The number of carbonyl (C=O) groups excluding carboxylic acids is 1. The number of carboxylic acids is 1. The number of para-hydroxylation sites is 1. The third-order valence-electron chi connectivity index (χ3n) is 5.77. The number of anilines is 1. The minimum atomic E-state index is -1.24. The fourth-order valence-corrected chi connectivity index (χ4v) is 4.10. The van der Waals surface area contributed by atoms with Gasteiger partial charge in [-0.15, -0.1) is 0 Å². The molecule has 1 aliphatic rings. The van der Waals surface area contributed by atoms with E-state index in [9.17, 15) is 23.9 Å². The van der Waals surface area contributed by atoms with Crippen molar-refractivity contribution in [2.75, 3.05) is 5.32 Å². The Morgan fingerprint density at radius 3 is 2.68 bits per heavy atom. The average Bonchev–Trinajstić information content (AvgIpc) is 3.33. The van der Waals surface area contributed by atoms with Gasteiger partial charge in [-0.2, -0.15) is 5.10 Å². The number of carbonyl (C=O) groups is 2. The summed E-state index contributed by atoms with van der Waals surface area (Å²) in [5.41, 5.74) is -0.768. The maximum atomic E-state index is 13.9. The molecule has 176 valence electrons. The molecule has 1 aliphatic carbocycles. The highest BCUT2D eigenvalue weighted by Gasteiger charge is 2.29. The molecule has 3 aromatic rings. The Labute approximate surface area is 194 Å². The zero-order chi connectivity index (χ0) is 24.1. The van der Waals surface area contributed by atoms with Crippen molar-refractivity contribution in [3.8, 4) is 11.5 Å². The number of halogens is 1. The van der Waals surface area contributed by atoms with Crippen LogP contribution in [0.25, 0.3) is 0 Å². The Morgan fingerprint density at radius 2 is 1.97 bits per heavy atom. The molecule has 1 amide bonds. The van der Waals surface area contributed by atoms with Crippen LogP contribution in [0.2, 0.25) is 0 Å². The van der Waals surface area contributed by atoms with Crippen LogP contribution >= 0.6 is 0 Å². The molecule has 0 radical (unpaired) electrons. The molecule has 1 unspecified atom stereocenters. The van der Waals surface area contributed by atoms with Crippen LogP contribution in [0.15, 0.2) is 59.7 Å². The van der Waals surface area contributed by atoms with Gasteiger partial charge in [0.1, 0.15) is 17.4 Å². The standard InChI is InChI=1S/C24H23FN4O5/c25-18-9-3-4-10-20(18)34-16-13-21(30)29(27-14-16)19(12-15-6-1-2-7-15)23(31)28-22-17(24(32)33)8-5-11-26-22/h3-5,8-11,13-15,19H,1-2,6-7,12H2,(H,32,33)(H,26,28,31). The first-order valence-electron chi connectivity index (χ1n) is 10.9. The van der Waals surface area contributed by atoms with Crippen molar-refractivity contribution < 1.29 is 23.8 Å². The summed E-state index contributed by atoms with van der Waals surface area (Å²) in [5, 5.41) is 16.0. The number of benzene rings is 1. The molecule has 0 spiro atoms. The number of aromatic carboxylic acids is 1. The van der Waals surface area contributed by atoms with Crippen LogP contribution in [0, 0.1) is 11.7 Å². The van der Waals surface area contributed by atoms with Crippen molar-refractivity contribution in [2.24, 2.45) is 5.92 Å². The molecule has 1 saturated carbocycles. The Morgan fingerprint density at radius 1 is 1.21 bits per heavy atom. The minimum absolute atomic E-state index is 0.0317. The van der Waals surface area contributed by atoms with E-state index in [4.69, 9.17) is 4.74 Å². The summed E-state index contributed by atoms with van der Waals surface area (Å²) in [4.78, 5) is 41.6. The highest BCUT2D eigenvalue weighted by molar-refractivity contribution is 6.00. The maximum absolute atomic E-state index is 13.9. The second-order valence-electron chi connectivity index (χ2n) is 8.10. The van der Waals surface area contributed by atoms with Crippen molar-refractivity contribution in [3.05, 3.63) is 76.6 Å². The first-order chi connectivity index (χ1) is 16.4. The molecule has 0 saturated heterocycles. The number of carboxylic acid groups (broad SMARTS) is 1. The van der Waals surface area contributed by atoms with Gasteiger partial charge in [-0.05, 0) is 36.6 Å². The van der Waals surface area contributed by atoms with Crippen LogP contribution in [0.3, 0.4) is 0 Å². The van der Waals surface area contributed by atoms with Gasteiger partial charge in [0.2, 0.25) is 0 Å². The summed E-state index contributed by atoms with van der Waals surface area (Å²) >= 11 is 0. The van der Waals surface area contributed by atoms with Crippen molar-refractivity contribution in [2.45, 2.75) is 38.1 Å². The van der Waals surface area contributed by atoms with E-state index in [-0.39, 0.29) is 28.8 Å². The molecule has 9 nitrogen and oxygen atoms in total. The largest absolute Gasteiger partial charge is 0.478 e. The quantitative estimate of drug-likeness (QED) is 0.514. The third-order valence-corrected chi connectivity index (χ3v) is 5.77. The van der Waals surface area contributed by atoms with Crippen LogP contribution in [0.4, 0.5) is 10.2 Å². The molecule has 0 bridgehead atoms. The SMILES string of the molecule is O=C(O)c1cccnc1NC(=O)C(CC1CCCC1)n1ncc(Oc2ccccc2F)cc1=O. The zero-order valence-corrected chi connectivity index (χ0v) is 18.2. The van der Waals surface area contributed by atoms with Gasteiger partial charge in [-0.3, -0.25) is 9.59 Å². The first kappa shape index (κ1) is 23.1. The molecule has 2 aromatic heterocycles. The number of nitrogens with one attached hydrogen (secondary N) is 1. The summed E-state index contributed by atoms with van der Waals surface area (Å²) < 4.78 is 20.4. The van der Waals surface area contributed by atoms with E-state index in [2.05, 4.69) is 15.4 Å². The number of amides is 1. The van der Waals surface area contributed by atoms with Crippen molar-refractivity contribution in [1.82, 2.24) is 14.8 Å². The molecule has 4 rings (SSSR count). The summed E-state index contributed by atoms with van der Waals surface area (Å²) in [7, 11) is 0. The summed E-state index contributed by atoms with van der Waals surface area (Å²) in [6.45, 7) is 0. The van der Waals surface area contributed by atoms with Gasteiger partial charge in [0.05, 0.1) is 6.20 Å². The van der Waals surface area contributed by atoms with Crippen LogP contribution in [0.1, 0.15) is 48.5 Å². The van der Waals surface area contributed by atoms with Crippen LogP contribution < -0.4 is 15.6 Å². The third kappa shape index (κ3) is 5.28. The monoisotopic (exact) mass is 466 g/mol. The fourth-order valence-electron chi connectivity index (χ4n) is 4.10. The van der Waals surface area contributed by atoms with E-state index in [1.165, 1.54) is 42.7 Å². The molecule has 0 aliphatic heterocycles. The van der Waals surface area contributed by atoms with E-state index in [0.29, 0.717) is 6.42 Å². The predicted octanol–water partition coefficient (Wildman–Crippen LogP) is 4.03. The molecular formula is C24H23FN4O5. The molecule has 2 N–H and O–H groups in total. The zero-order valence-electron chi connectivity index (χ0n) is 18.2. The number of nitrogens with zero attached hydrogens (tertiary/aromatic N) is 3. The first-order valence-corrected chi connectivity index (χ1v) is 10.9. The Hall–Kier alpha value is -4.08. The van der Waals surface area contributed by atoms with Crippen molar-refractivity contribution in [3.63, 3.8) is 0 Å². The Kier molecular flexibility index (Phi) is 6.95. The lowest BCUT2D eigenvalue weighted by Crippen LogP contribution is -2.36. The topological polar surface area (TPSA) is 123 Å². The van der Waals surface area contributed by atoms with E-state index in [1.807, 2.05) is 0 Å². The van der Waals surface area contributed by atoms with Gasteiger partial charge in [0, 0.05) is 12.3 Å². The van der Waals surface area contributed by atoms with E-state index in [0.717, 1.165) is 36.4 Å². The number of hydrogen-bond acceptors (Lipinski definition) is 6. The highest BCUT2D eigenvalue weighted by Crippen LogP contribution is 2.32. The van der Waals surface area contributed by atoms with Gasteiger partial charge in [0.25, 0.3) is 11.5 Å². The molecule has 1 fully saturated rings. The number of aromatic nitrogens is 3. The maximum Gasteiger partial charge on any atom is 0.339 e. The fraction of sp³-hybridized carbons (Fsp3) is 0.292. The molecule has 1 atom stereocenters. The minimum Gasteiger partial charge on any atom is -0.478 e. The average molecular weight is 466 g/mol. The van der Waals surface area contributed by atoms with Gasteiger partial charge in [-0.25, -0.2) is 18.9 Å².